The van der Waals surface area contributed by atoms with Crippen molar-refractivity contribution >= 4 is 11.0 Å². The molecule has 0 spiro atoms. The summed E-state index contributed by atoms with van der Waals surface area (Å²) in [4.78, 5) is 13.3. The van der Waals surface area contributed by atoms with Gasteiger partial charge in [-0.25, -0.2) is 0 Å². The molecule has 3 aromatic rings. The van der Waals surface area contributed by atoms with E-state index in [2.05, 4.69) is 0 Å². The maximum absolute atomic E-state index is 13.3. The fraction of sp³-hybridized carbons (Fsp3) is 0.375. The summed E-state index contributed by atoms with van der Waals surface area (Å²) in [5.74, 6) is 1.44. The number of hydrogen-bond donors (Lipinski definition) is 4. The first-order chi connectivity index (χ1) is 16.4. The molecule has 1 saturated heterocycles. The van der Waals surface area contributed by atoms with Gasteiger partial charge in [0.05, 0.1) is 17.6 Å². The molecule has 0 amide bonds. The number of aliphatic hydroxyl groups is 4. The van der Waals surface area contributed by atoms with E-state index >= 15 is 0 Å². The summed E-state index contributed by atoms with van der Waals surface area (Å²) in [7, 11) is 0. The van der Waals surface area contributed by atoms with Crippen LogP contribution in [0.25, 0.3) is 22.1 Å². The Hall–Kier alpha value is -3.15. The van der Waals surface area contributed by atoms with Crippen LogP contribution < -0.4 is 19.6 Å². The molecule has 1 aromatic heterocycles. The van der Waals surface area contributed by atoms with Crippen molar-refractivity contribution in [3.05, 3.63) is 52.4 Å². The van der Waals surface area contributed by atoms with Gasteiger partial charge in [-0.05, 0) is 35.7 Å². The highest BCUT2D eigenvalue weighted by atomic mass is 16.7. The van der Waals surface area contributed by atoms with Crippen molar-refractivity contribution in [2.45, 2.75) is 44.1 Å². The fourth-order valence-electron chi connectivity index (χ4n) is 4.14. The Morgan fingerprint density at radius 3 is 2.59 bits per heavy atom. The van der Waals surface area contributed by atoms with Gasteiger partial charge in [0.1, 0.15) is 42.0 Å². The molecular weight excluding hydrogens is 448 g/mol. The predicted octanol–water partition coefficient (Wildman–Crippen LogP) is 0.930. The molecule has 0 unspecified atom stereocenters. The average Bonchev–Trinajstić information content (AvgIpc) is 3.32. The SMILES string of the molecule is CCc1cc2c(=O)c(-c3ccc4c(c3)OCO4)coc2cc1O[C@@H]1O[C@H](CO)[C@@H](O)[C@H](O)[C@H]1O. The Balaban J connectivity index is 1.50. The van der Waals surface area contributed by atoms with Gasteiger partial charge < -0.3 is 43.8 Å². The first kappa shape index (κ1) is 22.6. The summed E-state index contributed by atoms with van der Waals surface area (Å²) in [6.45, 7) is 1.42. The van der Waals surface area contributed by atoms with Crippen LogP contribution in [-0.2, 0) is 11.2 Å². The predicted molar refractivity (Wildman–Crippen MR) is 118 cm³/mol. The molecule has 34 heavy (non-hydrogen) atoms. The second-order valence-electron chi connectivity index (χ2n) is 8.17. The highest BCUT2D eigenvalue weighted by Gasteiger charge is 2.44. The molecule has 2 aliphatic heterocycles. The molecule has 0 aliphatic carbocycles. The van der Waals surface area contributed by atoms with E-state index in [1.165, 1.54) is 12.3 Å². The minimum atomic E-state index is -1.57. The van der Waals surface area contributed by atoms with E-state index in [-0.39, 0.29) is 23.6 Å². The van der Waals surface area contributed by atoms with Crippen LogP contribution in [0.5, 0.6) is 17.2 Å². The second-order valence-corrected chi connectivity index (χ2v) is 8.17. The van der Waals surface area contributed by atoms with E-state index in [0.29, 0.717) is 40.0 Å². The van der Waals surface area contributed by atoms with Gasteiger partial charge in [0.25, 0.3) is 0 Å². The maximum atomic E-state index is 13.3. The van der Waals surface area contributed by atoms with Gasteiger partial charge in [0.2, 0.25) is 18.5 Å². The molecule has 2 aliphatic rings. The Morgan fingerprint density at radius 1 is 1.03 bits per heavy atom. The molecule has 0 bridgehead atoms. The number of fused-ring (bicyclic) bond motifs is 2. The third-order valence-corrected chi connectivity index (χ3v) is 6.11. The highest BCUT2D eigenvalue weighted by molar-refractivity contribution is 5.84. The number of hydrogen-bond acceptors (Lipinski definition) is 10. The topological polar surface area (TPSA) is 148 Å². The molecule has 10 heteroatoms. The van der Waals surface area contributed by atoms with E-state index < -0.39 is 37.3 Å². The zero-order valence-corrected chi connectivity index (χ0v) is 18.2. The van der Waals surface area contributed by atoms with Gasteiger partial charge in [0.15, 0.2) is 11.5 Å². The molecule has 4 N–H and O–H groups in total. The van der Waals surface area contributed by atoms with E-state index in [4.69, 9.17) is 23.4 Å². The van der Waals surface area contributed by atoms with Crippen LogP contribution in [-0.4, -0.2) is 64.5 Å². The quantitative estimate of drug-likeness (QED) is 0.423. The molecule has 3 heterocycles. The summed E-state index contributed by atoms with van der Waals surface area (Å²) in [6, 6.07) is 8.37. The summed E-state index contributed by atoms with van der Waals surface area (Å²) >= 11 is 0. The zero-order valence-electron chi connectivity index (χ0n) is 18.2. The third-order valence-electron chi connectivity index (χ3n) is 6.11. The van der Waals surface area contributed by atoms with Crippen molar-refractivity contribution < 1.29 is 43.8 Å². The Labute approximate surface area is 193 Å². The van der Waals surface area contributed by atoms with Crippen LogP contribution in [0.1, 0.15) is 12.5 Å². The van der Waals surface area contributed by atoms with Crippen molar-refractivity contribution in [1.82, 2.24) is 0 Å². The van der Waals surface area contributed by atoms with Crippen LogP contribution >= 0.6 is 0 Å². The molecule has 5 rings (SSSR count). The number of rotatable bonds is 5. The van der Waals surface area contributed by atoms with Gasteiger partial charge in [-0.2, -0.15) is 0 Å². The van der Waals surface area contributed by atoms with Gasteiger partial charge in [-0.1, -0.05) is 13.0 Å². The monoisotopic (exact) mass is 472 g/mol. The van der Waals surface area contributed by atoms with Gasteiger partial charge >= 0.3 is 0 Å². The van der Waals surface area contributed by atoms with Gasteiger partial charge in [0, 0.05) is 6.07 Å². The summed E-state index contributed by atoms with van der Waals surface area (Å²) in [5, 5.41) is 40.0. The smallest absolute Gasteiger partial charge is 0.231 e. The lowest BCUT2D eigenvalue weighted by molar-refractivity contribution is -0.277. The molecule has 0 radical (unpaired) electrons. The lowest BCUT2D eigenvalue weighted by Crippen LogP contribution is -2.60. The first-order valence-corrected chi connectivity index (χ1v) is 10.9. The fourth-order valence-corrected chi connectivity index (χ4v) is 4.14. The third kappa shape index (κ3) is 3.79. The lowest BCUT2D eigenvalue weighted by atomic mass is 9.99. The Bertz CT molecular complexity index is 1270. The minimum absolute atomic E-state index is 0.127. The number of aryl methyl sites for hydroxylation is 1. The van der Waals surface area contributed by atoms with Crippen LogP contribution in [0.3, 0.4) is 0 Å². The van der Waals surface area contributed by atoms with Crippen LogP contribution in [0.4, 0.5) is 0 Å². The zero-order chi connectivity index (χ0) is 24.0. The standard InChI is InChI=1S/C24H24O10/c1-2-11-5-13-17(7-16(11)33-24-23(29)22(28)21(27)19(8-25)34-24)30-9-14(20(13)26)12-3-4-15-18(6-12)32-10-31-15/h3-7,9,19,21-25,27-29H,2,8,10H2,1H3/t19-,21-,22+,23-,24-/m1/s1. The number of benzene rings is 2. The highest BCUT2D eigenvalue weighted by Crippen LogP contribution is 2.36. The molecule has 0 saturated carbocycles. The summed E-state index contributed by atoms with van der Waals surface area (Å²) in [6.07, 6.45) is -5.23. The average molecular weight is 472 g/mol. The normalized spacial score (nSPS) is 26.1. The molecule has 5 atom stereocenters. The van der Waals surface area contributed by atoms with Crippen molar-refractivity contribution in [2.75, 3.05) is 13.4 Å². The maximum Gasteiger partial charge on any atom is 0.231 e. The van der Waals surface area contributed by atoms with Crippen LogP contribution in [0.15, 0.2) is 45.8 Å². The molecule has 10 nitrogen and oxygen atoms in total. The molecular formula is C24H24O10. The number of ether oxygens (including phenoxy) is 4. The van der Waals surface area contributed by atoms with Crippen molar-refractivity contribution in [1.29, 1.82) is 0 Å². The molecule has 2 aromatic carbocycles. The Kier molecular flexibility index (Phi) is 5.92. The first-order valence-electron chi connectivity index (χ1n) is 10.9. The molecule has 180 valence electrons. The largest absolute Gasteiger partial charge is 0.463 e. The van der Waals surface area contributed by atoms with Gasteiger partial charge in [-0.15, -0.1) is 0 Å². The Morgan fingerprint density at radius 2 is 1.82 bits per heavy atom. The van der Waals surface area contributed by atoms with Crippen molar-refractivity contribution in [3.8, 4) is 28.4 Å². The summed E-state index contributed by atoms with van der Waals surface area (Å²) < 4.78 is 27.7. The van der Waals surface area contributed by atoms with Crippen LogP contribution in [0.2, 0.25) is 0 Å². The van der Waals surface area contributed by atoms with Crippen LogP contribution in [0, 0.1) is 0 Å². The van der Waals surface area contributed by atoms with E-state index in [1.807, 2.05) is 6.92 Å². The summed E-state index contributed by atoms with van der Waals surface area (Å²) in [5.41, 5.74) is 1.63. The lowest BCUT2D eigenvalue weighted by Gasteiger charge is -2.39. The number of aliphatic hydroxyl groups excluding tert-OH is 4. The minimum Gasteiger partial charge on any atom is -0.463 e. The van der Waals surface area contributed by atoms with Gasteiger partial charge in [-0.3, -0.25) is 4.79 Å². The van der Waals surface area contributed by atoms with E-state index in [1.54, 1.807) is 24.3 Å². The molecule has 1 fully saturated rings. The van der Waals surface area contributed by atoms with Crippen molar-refractivity contribution in [2.24, 2.45) is 0 Å². The van der Waals surface area contributed by atoms with E-state index in [0.717, 1.165) is 0 Å². The van der Waals surface area contributed by atoms with E-state index in [9.17, 15) is 25.2 Å². The second kappa shape index (κ2) is 8.90. The van der Waals surface area contributed by atoms with Crippen molar-refractivity contribution in [3.63, 3.8) is 0 Å².